The number of piperidine rings is 1. The number of amides is 2. The molecule has 2 saturated heterocycles. The molecule has 1 atom stereocenters. The summed E-state index contributed by atoms with van der Waals surface area (Å²) in [6.07, 6.45) is -8.98. The molecule has 4 rings (SSSR count). The summed E-state index contributed by atoms with van der Waals surface area (Å²) in [5, 5.41) is 14.8. The lowest BCUT2D eigenvalue weighted by Gasteiger charge is -2.33. The van der Waals surface area contributed by atoms with Crippen molar-refractivity contribution in [3.63, 3.8) is 0 Å². The Bertz CT molecular complexity index is 1140. The summed E-state index contributed by atoms with van der Waals surface area (Å²) in [4.78, 5) is 14.1. The van der Waals surface area contributed by atoms with Crippen molar-refractivity contribution in [2.24, 2.45) is 5.92 Å². The van der Waals surface area contributed by atoms with E-state index in [-0.39, 0.29) is 17.6 Å². The lowest BCUT2D eigenvalue weighted by Crippen LogP contribution is -2.53. The van der Waals surface area contributed by atoms with Crippen LogP contribution in [0.1, 0.15) is 36.0 Å². The second-order valence-electron chi connectivity index (χ2n) is 10.3. The molecule has 3 N–H and O–H groups in total. The van der Waals surface area contributed by atoms with Gasteiger partial charge in [-0.05, 0) is 68.0 Å². The highest BCUT2D eigenvalue weighted by Gasteiger charge is 2.71. The summed E-state index contributed by atoms with van der Waals surface area (Å²) in [7, 11) is 0. The molecule has 0 bridgehead atoms. The van der Waals surface area contributed by atoms with Gasteiger partial charge in [0, 0.05) is 18.7 Å². The van der Waals surface area contributed by atoms with Crippen LogP contribution in [0.3, 0.4) is 0 Å². The molecular formula is C27H30F7N3O3. The average Bonchev–Trinajstić information content (AvgIpc) is 3.38. The normalized spacial score (nSPS) is 19.6. The van der Waals surface area contributed by atoms with E-state index in [2.05, 4.69) is 10.6 Å². The van der Waals surface area contributed by atoms with Crippen LogP contribution in [-0.2, 0) is 23.3 Å². The maximum absolute atomic E-state index is 14.6. The van der Waals surface area contributed by atoms with Crippen LogP contribution in [0.2, 0.25) is 0 Å². The monoisotopic (exact) mass is 577 g/mol. The first-order chi connectivity index (χ1) is 18.8. The molecule has 13 heteroatoms. The van der Waals surface area contributed by atoms with Crippen LogP contribution >= 0.6 is 0 Å². The third-order valence-electron chi connectivity index (χ3n) is 7.38. The summed E-state index contributed by atoms with van der Waals surface area (Å²) in [5.74, 6) is -0.282. The summed E-state index contributed by atoms with van der Waals surface area (Å²) in [6.45, 7) is 2.62. The summed E-state index contributed by atoms with van der Waals surface area (Å²) >= 11 is 0. The van der Waals surface area contributed by atoms with Crippen molar-refractivity contribution >= 4 is 11.7 Å². The number of nitrogens with one attached hydrogen (secondary N) is 2. The standard InChI is InChI=1S/C27H30F7N3O3/c28-22-14-19(3-6-23(22)36-24(38)35-21-9-12-40-16-21)13-17-7-10-37(11-8-17)15-18-1-4-20(5-2-18)25(39,26(29,30)31)27(32,33)34/h1-6,14,17,21,39H,7-13,15-16H2,(H2,35,36,38)/t21-/m1/s1. The number of benzene rings is 2. The van der Waals surface area contributed by atoms with E-state index in [4.69, 9.17) is 4.74 Å². The Hall–Kier alpha value is -2.90. The Balaban J connectivity index is 1.27. The van der Waals surface area contributed by atoms with Crippen LogP contribution in [0, 0.1) is 11.7 Å². The fourth-order valence-electron chi connectivity index (χ4n) is 5.06. The number of anilines is 1. The van der Waals surface area contributed by atoms with Crippen LogP contribution < -0.4 is 10.6 Å². The van der Waals surface area contributed by atoms with Gasteiger partial charge in [-0.15, -0.1) is 0 Å². The van der Waals surface area contributed by atoms with Crippen molar-refractivity contribution in [2.45, 2.75) is 56.2 Å². The largest absolute Gasteiger partial charge is 0.430 e. The molecule has 0 radical (unpaired) electrons. The molecule has 0 aliphatic carbocycles. The van der Waals surface area contributed by atoms with E-state index in [9.17, 15) is 40.6 Å². The lowest BCUT2D eigenvalue weighted by atomic mass is 9.89. The Morgan fingerprint density at radius 2 is 1.57 bits per heavy atom. The first-order valence-electron chi connectivity index (χ1n) is 12.9. The molecule has 0 aromatic heterocycles. The van der Waals surface area contributed by atoms with Crippen molar-refractivity contribution in [2.75, 3.05) is 31.6 Å². The van der Waals surface area contributed by atoms with Crippen LogP contribution in [0.5, 0.6) is 0 Å². The topological polar surface area (TPSA) is 73.8 Å². The van der Waals surface area contributed by atoms with E-state index < -0.39 is 35.4 Å². The van der Waals surface area contributed by atoms with E-state index in [1.54, 1.807) is 6.07 Å². The molecule has 40 heavy (non-hydrogen) atoms. The minimum atomic E-state index is -5.92. The predicted molar refractivity (Wildman–Crippen MR) is 132 cm³/mol. The number of alkyl halides is 6. The summed E-state index contributed by atoms with van der Waals surface area (Å²) in [6, 6.07) is 7.70. The number of urea groups is 1. The van der Waals surface area contributed by atoms with Gasteiger partial charge < -0.3 is 20.5 Å². The molecule has 2 aromatic carbocycles. The van der Waals surface area contributed by atoms with Gasteiger partial charge in [0.2, 0.25) is 0 Å². The first-order valence-corrected chi connectivity index (χ1v) is 12.9. The smallest absolute Gasteiger partial charge is 0.379 e. The number of ether oxygens (including phenoxy) is 1. The number of carbonyl (C=O) groups is 1. The number of carbonyl (C=O) groups excluding carboxylic acids is 1. The second kappa shape index (κ2) is 11.9. The molecule has 2 heterocycles. The van der Waals surface area contributed by atoms with E-state index in [0.29, 0.717) is 63.4 Å². The molecule has 2 aliphatic rings. The SMILES string of the molecule is O=C(Nc1ccc(CC2CCN(Cc3ccc(C(O)(C(F)(F)F)C(F)(F)F)cc3)CC2)cc1F)N[C@@H]1CCOC1. The quantitative estimate of drug-likeness (QED) is 0.380. The van der Waals surface area contributed by atoms with Crippen molar-refractivity contribution in [3.05, 3.63) is 65.0 Å². The van der Waals surface area contributed by atoms with Crippen molar-refractivity contribution in [3.8, 4) is 0 Å². The van der Waals surface area contributed by atoms with Crippen LogP contribution in [0.25, 0.3) is 0 Å². The van der Waals surface area contributed by atoms with E-state index >= 15 is 0 Å². The minimum Gasteiger partial charge on any atom is -0.379 e. The van der Waals surface area contributed by atoms with Gasteiger partial charge in [0.15, 0.2) is 0 Å². The fraction of sp³-hybridized carbons (Fsp3) is 0.519. The van der Waals surface area contributed by atoms with Gasteiger partial charge in [0.1, 0.15) is 5.82 Å². The van der Waals surface area contributed by atoms with Crippen LogP contribution in [0.4, 0.5) is 41.2 Å². The highest BCUT2D eigenvalue weighted by atomic mass is 19.4. The van der Waals surface area contributed by atoms with Crippen molar-refractivity contribution in [1.29, 1.82) is 0 Å². The lowest BCUT2D eigenvalue weighted by molar-refractivity contribution is -0.376. The number of halogens is 7. The zero-order chi connectivity index (χ0) is 29.1. The number of rotatable bonds is 7. The molecule has 2 amide bonds. The highest BCUT2D eigenvalue weighted by Crippen LogP contribution is 2.50. The molecule has 6 nitrogen and oxygen atoms in total. The second-order valence-corrected chi connectivity index (χ2v) is 10.3. The Kier molecular flexibility index (Phi) is 8.96. The third kappa shape index (κ3) is 6.87. The third-order valence-corrected chi connectivity index (χ3v) is 7.38. The Morgan fingerprint density at radius 1 is 0.950 bits per heavy atom. The molecular weight excluding hydrogens is 547 g/mol. The van der Waals surface area contributed by atoms with E-state index in [1.165, 1.54) is 12.1 Å². The van der Waals surface area contributed by atoms with Crippen molar-refractivity contribution < 1.29 is 45.4 Å². The number of likely N-dealkylation sites (tertiary alicyclic amines) is 1. The first kappa shape index (κ1) is 30.1. The van der Waals surface area contributed by atoms with Gasteiger partial charge in [-0.25, -0.2) is 9.18 Å². The highest BCUT2D eigenvalue weighted by molar-refractivity contribution is 5.89. The molecule has 0 saturated carbocycles. The van der Waals surface area contributed by atoms with E-state index in [1.807, 2.05) is 4.90 Å². The van der Waals surface area contributed by atoms with Gasteiger partial charge in [0.05, 0.1) is 18.3 Å². The zero-order valence-electron chi connectivity index (χ0n) is 21.4. The van der Waals surface area contributed by atoms with Crippen LogP contribution in [-0.4, -0.2) is 60.7 Å². The molecule has 2 aliphatic heterocycles. The molecule has 220 valence electrons. The maximum Gasteiger partial charge on any atom is 0.430 e. The van der Waals surface area contributed by atoms with Gasteiger partial charge in [0.25, 0.3) is 5.60 Å². The number of nitrogens with zero attached hydrogens (tertiary/aromatic N) is 1. The number of hydrogen-bond donors (Lipinski definition) is 3. The Labute approximate surface area is 226 Å². The molecule has 2 fully saturated rings. The molecule has 0 spiro atoms. The molecule has 0 unspecified atom stereocenters. The van der Waals surface area contributed by atoms with Crippen molar-refractivity contribution in [1.82, 2.24) is 10.2 Å². The number of hydrogen-bond acceptors (Lipinski definition) is 4. The predicted octanol–water partition coefficient (Wildman–Crippen LogP) is 5.50. The maximum atomic E-state index is 14.6. The number of aliphatic hydroxyl groups is 1. The van der Waals surface area contributed by atoms with E-state index in [0.717, 1.165) is 30.5 Å². The summed E-state index contributed by atoms with van der Waals surface area (Å²) < 4.78 is 98.3. The van der Waals surface area contributed by atoms with Gasteiger partial charge >= 0.3 is 18.4 Å². The average molecular weight is 578 g/mol. The Morgan fingerprint density at radius 3 is 2.12 bits per heavy atom. The van der Waals surface area contributed by atoms with Gasteiger partial charge in [-0.3, -0.25) is 4.90 Å². The van der Waals surface area contributed by atoms with Crippen LogP contribution in [0.15, 0.2) is 42.5 Å². The van der Waals surface area contributed by atoms with Gasteiger partial charge in [-0.2, -0.15) is 26.3 Å². The zero-order valence-corrected chi connectivity index (χ0v) is 21.4. The summed E-state index contributed by atoms with van der Waals surface area (Å²) in [5.41, 5.74) is -4.86. The van der Waals surface area contributed by atoms with Gasteiger partial charge in [-0.1, -0.05) is 30.3 Å². The molecule has 2 aromatic rings. The fourth-order valence-corrected chi connectivity index (χ4v) is 5.06. The minimum absolute atomic E-state index is 0.0740.